The first-order chi connectivity index (χ1) is 10.9. The summed E-state index contributed by atoms with van der Waals surface area (Å²) >= 11 is 12.0. The van der Waals surface area contributed by atoms with Crippen molar-refractivity contribution in [2.75, 3.05) is 32.0 Å². The molecule has 1 saturated carbocycles. The molecular weight excluding hydrogens is 337 g/mol. The summed E-state index contributed by atoms with van der Waals surface area (Å²) in [6.45, 7) is 2.99. The summed E-state index contributed by atoms with van der Waals surface area (Å²) in [5, 5.41) is 3.46. The first-order valence-electron chi connectivity index (χ1n) is 7.64. The number of anilines is 1. The van der Waals surface area contributed by atoms with E-state index < -0.39 is 0 Å². The Kier molecular flexibility index (Phi) is 6.27. The molecule has 1 aliphatic rings. The molecule has 23 heavy (non-hydrogen) atoms. The molecule has 7 heteroatoms. The minimum atomic E-state index is -0.259. The van der Waals surface area contributed by atoms with E-state index in [1.807, 2.05) is 11.8 Å². The number of likely N-dealkylation sites (N-methyl/N-ethyl adjacent to an activating group) is 2. The van der Waals surface area contributed by atoms with Crippen molar-refractivity contribution < 1.29 is 9.59 Å². The highest BCUT2D eigenvalue weighted by molar-refractivity contribution is 6.39. The fourth-order valence-electron chi connectivity index (χ4n) is 2.44. The summed E-state index contributed by atoms with van der Waals surface area (Å²) in [6, 6.07) is 5.41. The van der Waals surface area contributed by atoms with Crippen LogP contribution in [0.2, 0.25) is 10.0 Å². The van der Waals surface area contributed by atoms with Crippen molar-refractivity contribution in [2.45, 2.75) is 25.8 Å². The number of carbonyl (C=O) groups excluding carboxylic acids is 2. The maximum Gasteiger partial charge on any atom is 0.238 e. The van der Waals surface area contributed by atoms with Gasteiger partial charge < -0.3 is 10.2 Å². The van der Waals surface area contributed by atoms with E-state index in [4.69, 9.17) is 23.2 Å². The Bertz CT molecular complexity index is 570. The predicted molar refractivity (Wildman–Crippen MR) is 93.0 cm³/mol. The number of carbonyl (C=O) groups is 2. The van der Waals surface area contributed by atoms with E-state index in [2.05, 4.69) is 5.32 Å². The van der Waals surface area contributed by atoms with Crippen LogP contribution in [0, 0.1) is 0 Å². The van der Waals surface area contributed by atoms with Crippen LogP contribution >= 0.6 is 23.2 Å². The zero-order chi connectivity index (χ0) is 17.0. The third-order valence-corrected chi connectivity index (χ3v) is 4.32. The molecular formula is C16H21Cl2N3O2. The van der Waals surface area contributed by atoms with Gasteiger partial charge in [0.15, 0.2) is 0 Å². The average molecular weight is 358 g/mol. The summed E-state index contributed by atoms with van der Waals surface area (Å²) in [6.07, 6.45) is 2.16. The van der Waals surface area contributed by atoms with Crippen molar-refractivity contribution in [3.05, 3.63) is 28.2 Å². The Labute approximate surface area is 146 Å². The molecule has 0 atom stereocenters. The third kappa shape index (κ3) is 5.09. The first kappa shape index (κ1) is 18.0. The Morgan fingerprint density at radius 2 is 1.83 bits per heavy atom. The van der Waals surface area contributed by atoms with E-state index in [0.29, 0.717) is 28.3 Å². The highest BCUT2D eigenvalue weighted by Gasteiger charge is 2.31. The summed E-state index contributed by atoms with van der Waals surface area (Å²) in [4.78, 5) is 27.9. The van der Waals surface area contributed by atoms with Crippen LogP contribution in [-0.2, 0) is 9.59 Å². The first-order valence-corrected chi connectivity index (χ1v) is 8.39. The highest BCUT2D eigenvalue weighted by Crippen LogP contribution is 2.29. The van der Waals surface area contributed by atoms with Gasteiger partial charge in [-0.15, -0.1) is 0 Å². The SMILES string of the molecule is CCN(C(=O)CN(C)CC(=O)Nc1c(Cl)cccc1Cl)C1CC1. The summed E-state index contributed by atoms with van der Waals surface area (Å²) in [5.74, 6) is -0.203. The normalized spacial score (nSPS) is 14.0. The number of hydrogen-bond donors (Lipinski definition) is 1. The lowest BCUT2D eigenvalue weighted by Crippen LogP contribution is -2.42. The Balaban J connectivity index is 1.86. The minimum Gasteiger partial charge on any atom is -0.339 e. The molecule has 126 valence electrons. The van der Waals surface area contributed by atoms with Crippen LogP contribution in [0.15, 0.2) is 18.2 Å². The van der Waals surface area contributed by atoms with Gasteiger partial charge in [0.05, 0.1) is 28.8 Å². The third-order valence-electron chi connectivity index (χ3n) is 3.69. The number of para-hydroxylation sites is 1. The molecule has 0 bridgehead atoms. The maximum atomic E-state index is 12.2. The zero-order valence-corrected chi connectivity index (χ0v) is 14.8. The van der Waals surface area contributed by atoms with Crippen molar-refractivity contribution >= 4 is 40.7 Å². The smallest absolute Gasteiger partial charge is 0.238 e. The van der Waals surface area contributed by atoms with Gasteiger partial charge in [-0.3, -0.25) is 14.5 Å². The molecule has 1 aromatic carbocycles. The van der Waals surface area contributed by atoms with E-state index >= 15 is 0 Å². The monoisotopic (exact) mass is 357 g/mol. The van der Waals surface area contributed by atoms with Crippen LogP contribution < -0.4 is 5.32 Å². The van der Waals surface area contributed by atoms with Crippen LogP contribution in [0.5, 0.6) is 0 Å². The van der Waals surface area contributed by atoms with Crippen molar-refractivity contribution in [3.63, 3.8) is 0 Å². The van der Waals surface area contributed by atoms with Gasteiger partial charge in [0, 0.05) is 12.6 Å². The molecule has 0 heterocycles. The lowest BCUT2D eigenvalue weighted by Gasteiger charge is -2.24. The minimum absolute atomic E-state index is 0.0566. The van der Waals surface area contributed by atoms with Gasteiger partial charge in [-0.1, -0.05) is 29.3 Å². The zero-order valence-electron chi connectivity index (χ0n) is 13.3. The van der Waals surface area contributed by atoms with E-state index in [1.54, 1.807) is 30.1 Å². The van der Waals surface area contributed by atoms with Gasteiger partial charge in [0.2, 0.25) is 11.8 Å². The quantitative estimate of drug-likeness (QED) is 0.816. The van der Waals surface area contributed by atoms with E-state index in [1.165, 1.54) is 0 Å². The molecule has 0 radical (unpaired) electrons. The second kappa shape index (κ2) is 7.99. The molecule has 1 N–H and O–H groups in total. The fraction of sp³-hybridized carbons (Fsp3) is 0.500. The number of nitrogens with one attached hydrogen (secondary N) is 1. The van der Waals surface area contributed by atoms with Crippen molar-refractivity contribution in [1.82, 2.24) is 9.80 Å². The van der Waals surface area contributed by atoms with Crippen LogP contribution in [0.25, 0.3) is 0 Å². The molecule has 2 amide bonds. The molecule has 0 aliphatic heterocycles. The number of nitrogens with zero attached hydrogens (tertiary/aromatic N) is 2. The predicted octanol–water partition coefficient (Wildman–Crippen LogP) is 2.87. The summed E-state index contributed by atoms with van der Waals surface area (Å²) < 4.78 is 0. The van der Waals surface area contributed by atoms with Crippen LogP contribution in [0.4, 0.5) is 5.69 Å². The van der Waals surface area contributed by atoms with Gasteiger partial charge >= 0.3 is 0 Å². The second-order valence-corrected chi connectivity index (χ2v) is 6.54. The molecule has 1 aliphatic carbocycles. The summed E-state index contributed by atoms with van der Waals surface area (Å²) in [7, 11) is 1.74. The molecule has 5 nitrogen and oxygen atoms in total. The average Bonchev–Trinajstić information content (AvgIpc) is 3.28. The fourth-order valence-corrected chi connectivity index (χ4v) is 2.94. The van der Waals surface area contributed by atoms with Crippen molar-refractivity contribution in [1.29, 1.82) is 0 Å². The van der Waals surface area contributed by atoms with Gasteiger partial charge in [-0.2, -0.15) is 0 Å². The molecule has 0 aromatic heterocycles. The number of rotatable bonds is 7. The Morgan fingerprint density at radius 3 is 2.35 bits per heavy atom. The number of benzene rings is 1. The molecule has 0 spiro atoms. The number of halogens is 2. The molecule has 2 rings (SSSR count). The van der Waals surface area contributed by atoms with E-state index in [-0.39, 0.29) is 24.9 Å². The Hall–Kier alpha value is -1.30. The number of hydrogen-bond acceptors (Lipinski definition) is 3. The maximum absolute atomic E-state index is 12.2. The largest absolute Gasteiger partial charge is 0.339 e. The van der Waals surface area contributed by atoms with E-state index in [9.17, 15) is 9.59 Å². The molecule has 1 aromatic rings. The van der Waals surface area contributed by atoms with Gasteiger partial charge in [-0.05, 0) is 38.9 Å². The van der Waals surface area contributed by atoms with Gasteiger partial charge in [0.25, 0.3) is 0 Å². The lowest BCUT2D eigenvalue weighted by molar-refractivity contribution is -0.132. The Morgan fingerprint density at radius 1 is 1.22 bits per heavy atom. The second-order valence-electron chi connectivity index (χ2n) is 5.73. The topological polar surface area (TPSA) is 52.7 Å². The van der Waals surface area contributed by atoms with Gasteiger partial charge in [0.1, 0.15) is 0 Å². The molecule has 0 unspecified atom stereocenters. The van der Waals surface area contributed by atoms with E-state index in [0.717, 1.165) is 12.8 Å². The standard InChI is InChI=1S/C16H21Cl2N3O2/c1-3-21(11-7-8-11)15(23)10-20(2)9-14(22)19-16-12(17)5-4-6-13(16)18/h4-6,11H,3,7-10H2,1-2H3,(H,19,22). The van der Waals surface area contributed by atoms with Gasteiger partial charge in [-0.25, -0.2) is 0 Å². The van der Waals surface area contributed by atoms with Crippen molar-refractivity contribution in [3.8, 4) is 0 Å². The molecule has 1 fully saturated rings. The van der Waals surface area contributed by atoms with Crippen LogP contribution in [-0.4, -0.2) is 54.3 Å². The van der Waals surface area contributed by atoms with Crippen molar-refractivity contribution in [2.24, 2.45) is 0 Å². The highest BCUT2D eigenvalue weighted by atomic mass is 35.5. The lowest BCUT2D eigenvalue weighted by atomic mass is 10.3. The summed E-state index contributed by atoms with van der Waals surface area (Å²) in [5.41, 5.74) is 0.397. The van der Waals surface area contributed by atoms with Crippen LogP contribution in [0.3, 0.4) is 0 Å². The van der Waals surface area contributed by atoms with Crippen LogP contribution in [0.1, 0.15) is 19.8 Å². The number of amides is 2. The molecule has 0 saturated heterocycles.